The van der Waals surface area contributed by atoms with Crippen LogP contribution in [0.25, 0.3) is 0 Å². The van der Waals surface area contributed by atoms with Crippen LogP contribution in [-0.4, -0.2) is 23.1 Å². The summed E-state index contributed by atoms with van der Waals surface area (Å²) in [4.78, 5) is 0. The molecule has 1 saturated heterocycles. The van der Waals surface area contributed by atoms with Gasteiger partial charge in [-0.05, 0) is 25.0 Å². The third-order valence-electron chi connectivity index (χ3n) is 2.85. The lowest BCUT2D eigenvalue weighted by Crippen LogP contribution is -2.42. The van der Waals surface area contributed by atoms with Gasteiger partial charge >= 0.3 is 0 Å². The average Bonchev–Trinajstić information content (AvgIpc) is 2.36. The highest BCUT2D eigenvalue weighted by atomic mass is 32.2. The molecule has 2 heteroatoms. The molecule has 1 N–H and O–H groups in total. The number of thioether (sulfide) groups is 1. The maximum atomic E-state index is 3.71. The molecule has 1 rings (SSSR count). The second-order valence-electron chi connectivity index (χ2n) is 4.17. The molecular formula is C10H21NS. The third-order valence-corrected chi connectivity index (χ3v) is 4.18. The van der Waals surface area contributed by atoms with Crippen molar-refractivity contribution in [1.29, 1.82) is 0 Å². The van der Waals surface area contributed by atoms with Gasteiger partial charge in [-0.25, -0.2) is 0 Å². The van der Waals surface area contributed by atoms with Gasteiger partial charge in [0.05, 0.1) is 0 Å². The molecule has 0 saturated carbocycles. The second kappa shape index (κ2) is 4.52. The van der Waals surface area contributed by atoms with Gasteiger partial charge in [0.2, 0.25) is 0 Å². The first-order chi connectivity index (χ1) is 5.61. The minimum absolute atomic E-state index is 0.663. The summed E-state index contributed by atoms with van der Waals surface area (Å²) in [5, 5.41) is 4.52. The Balaban J connectivity index is 2.30. The summed E-state index contributed by atoms with van der Waals surface area (Å²) in [5.41, 5.74) is 0. The molecule has 0 spiro atoms. The fraction of sp³-hybridized carbons (Fsp3) is 1.00. The highest BCUT2D eigenvalue weighted by Crippen LogP contribution is 2.26. The van der Waals surface area contributed by atoms with Crippen molar-refractivity contribution in [3.05, 3.63) is 0 Å². The number of nitrogens with one attached hydrogen (secondary N) is 1. The van der Waals surface area contributed by atoms with Gasteiger partial charge < -0.3 is 5.32 Å². The molecule has 0 aliphatic carbocycles. The van der Waals surface area contributed by atoms with Crippen molar-refractivity contribution in [2.24, 2.45) is 5.92 Å². The highest BCUT2D eigenvalue weighted by molar-refractivity contribution is 8.00. The van der Waals surface area contributed by atoms with E-state index in [-0.39, 0.29) is 0 Å². The Kier molecular flexibility index (Phi) is 3.91. The molecule has 1 fully saturated rings. The molecular weight excluding hydrogens is 166 g/mol. The Bertz CT molecular complexity index is 136. The van der Waals surface area contributed by atoms with Crippen molar-refractivity contribution in [3.63, 3.8) is 0 Å². The predicted octanol–water partition coefficient (Wildman–Crippen LogP) is 2.51. The monoisotopic (exact) mass is 187 g/mol. The number of hydrogen-bond acceptors (Lipinski definition) is 2. The number of rotatable bonds is 3. The first kappa shape index (κ1) is 10.4. The van der Waals surface area contributed by atoms with Gasteiger partial charge in [0.25, 0.3) is 0 Å². The molecule has 0 aromatic heterocycles. The molecule has 0 bridgehead atoms. The van der Waals surface area contributed by atoms with Crippen molar-refractivity contribution in [3.8, 4) is 0 Å². The molecule has 3 unspecified atom stereocenters. The van der Waals surface area contributed by atoms with E-state index in [1.54, 1.807) is 0 Å². The van der Waals surface area contributed by atoms with Gasteiger partial charge in [0, 0.05) is 17.3 Å². The molecule has 1 aliphatic heterocycles. The molecule has 1 nitrogen and oxygen atoms in total. The van der Waals surface area contributed by atoms with Crippen LogP contribution < -0.4 is 5.32 Å². The quantitative estimate of drug-likeness (QED) is 0.728. The third kappa shape index (κ3) is 2.67. The van der Waals surface area contributed by atoms with Crippen molar-refractivity contribution < 1.29 is 0 Å². The van der Waals surface area contributed by atoms with Gasteiger partial charge in [0.15, 0.2) is 0 Å². The standard InChI is InChI=1S/C10H21NS/c1-7(2)8(3)11-10-5-6-12-9(10)4/h7-11H,5-6H2,1-4H3. The van der Waals surface area contributed by atoms with Crippen molar-refractivity contribution in [2.75, 3.05) is 5.75 Å². The van der Waals surface area contributed by atoms with E-state index in [1.165, 1.54) is 12.2 Å². The van der Waals surface area contributed by atoms with Gasteiger partial charge in [-0.2, -0.15) is 11.8 Å². The summed E-state index contributed by atoms with van der Waals surface area (Å²) >= 11 is 2.10. The summed E-state index contributed by atoms with van der Waals surface area (Å²) in [7, 11) is 0. The highest BCUT2D eigenvalue weighted by Gasteiger charge is 2.25. The average molecular weight is 187 g/mol. The molecule has 0 radical (unpaired) electrons. The SMILES string of the molecule is CC(C)C(C)NC1CCSC1C. The second-order valence-corrected chi connectivity index (χ2v) is 5.66. The zero-order valence-corrected chi connectivity index (χ0v) is 9.45. The molecule has 72 valence electrons. The first-order valence-corrected chi connectivity index (χ1v) is 6.03. The van der Waals surface area contributed by atoms with E-state index in [9.17, 15) is 0 Å². The molecule has 1 heterocycles. The lowest BCUT2D eigenvalue weighted by molar-refractivity contribution is 0.371. The Morgan fingerprint density at radius 1 is 1.33 bits per heavy atom. The van der Waals surface area contributed by atoms with E-state index in [0.29, 0.717) is 6.04 Å². The molecule has 0 aromatic carbocycles. The van der Waals surface area contributed by atoms with Crippen LogP contribution in [0.4, 0.5) is 0 Å². The van der Waals surface area contributed by atoms with Crippen LogP contribution in [0, 0.1) is 5.92 Å². The Labute approximate surface area is 80.7 Å². The zero-order valence-electron chi connectivity index (χ0n) is 8.63. The van der Waals surface area contributed by atoms with Gasteiger partial charge in [-0.3, -0.25) is 0 Å². The normalized spacial score (nSPS) is 32.8. The smallest absolute Gasteiger partial charge is 0.0194 e. The van der Waals surface area contributed by atoms with E-state index in [0.717, 1.165) is 17.2 Å². The predicted molar refractivity (Wildman–Crippen MR) is 57.8 cm³/mol. The fourth-order valence-electron chi connectivity index (χ4n) is 1.48. The van der Waals surface area contributed by atoms with Crippen molar-refractivity contribution in [1.82, 2.24) is 5.32 Å². The van der Waals surface area contributed by atoms with Crippen LogP contribution in [0.3, 0.4) is 0 Å². The van der Waals surface area contributed by atoms with Crippen LogP contribution in [0.1, 0.15) is 34.1 Å². The van der Waals surface area contributed by atoms with Crippen molar-refractivity contribution in [2.45, 2.75) is 51.4 Å². The Morgan fingerprint density at radius 2 is 2.00 bits per heavy atom. The molecule has 3 atom stereocenters. The lowest BCUT2D eigenvalue weighted by Gasteiger charge is -2.24. The molecule has 0 amide bonds. The lowest BCUT2D eigenvalue weighted by atomic mass is 10.0. The minimum Gasteiger partial charge on any atom is -0.310 e. The van der Waals surface area contributed by atoms with E-state index in [2.05, 4.69) is 44.8 Å². The van der Waals surface area contributed by atoms with E-state index >= 15 is 0 Å². The zero-order chi connectivity index (χ0) is 9.14. The topological polar surface area (TPSA) is 12.0 Å². The summed E-state index contributed by atoms with van der Waals surface area (Å²) in [5.74, 6) is 2.09. The maximum absolute atomic E-state index is 3.71. The van der Waals surface area contributed by atoms with E-state index in [1.807, 2.05) is 0 Å². The number of hydrogen-bond donors (Lipinski definition) is 1. The van der Waals surface area contributed by atoms with Crippen molar-refractivity contribution >= 4 is 11.8 Å². The largest absolute Gasteiger partial charge is 0.310 e. The fourth-order valence-corrected chi connectivity index (χ4v) is 2.69. The van der Waals surface area contributed by atoms with Crippen LogP contribution in [0.5, 0.6) is 0 Å². The molecule has 12 heavy (non-hydrogen) atoms. The van der Waals surface area contributed by atoms with Crippen LogP contribution in [0.15, 0.2) is 0 Å². The maximum Gasteiger partial charge on any atom is 0.0194 e. The van der Waals surface area contributed by atoms with Gasteiger partial charge in [-0.15, -0.1) is 0 Å². The van der Waals surface area contributed by atoms with E-state index < -0.39 is 0 Å². The Hall–Kier alpha value is 0.310. The van der Waals surface area contributed by atoms with Crippen LogP contribution >= 0.6 is 11.8 Å². The van der Waals surface area contributed by atoms with Crippen LogP contribution in [-0.2, 0) is 0 Å². The Morgan fingerprint density at radius 3 is 2.42 bits per heavy atom. The van der Waals surface area contributed by atoms with Crippen LogP contribution in [0.2, 0.25) is 0 Å². The summed E-state index contributed by atoms with van der Waals surface area (Å²) in [6.07, 6.45) is 1.35. The minimum atomic E-state index is 0.663. The first-order valence-electron chi connectivity index (χ1n) is 4.99. The summed E-state index contributed by atoms with van der Waals surface area (Å²) < 4.78 is 0. The van der Waals surface area contributed by atoms with Gasteiger partial charge in [0.1, 0.15) is 0 Å². The van der Waals surface area contributed by atoms with E-state index in [4.69, 9.17) is 0 Å². The summed E-state index contributed by atoms with van der Waals surface area (Å²) in [6.45, 7) is 9.19. The van der Waals surface area contributed by atoms with Gasteiger partial charge in [-0.1, -0.05) is 20.8 Å². The summed E-state index contributed by atoms with van der Waals surface area (Å²) in [6, 6.07) is 1.42. The molecule has 1 aliphatic rings. The molecule has 0 aromatic rings.